The van der Waals surface area contributed by atoms with Crippen LogP contribution in [0.5, 0.6) is 11.5 Å². The molecule has 2 aliphatic rings. The van der Waals surface area contributed by atoms with Crippen LogP contribution < -0.4 is 4.74 Å². The second-order valence-electron chi connectivity index (χ2n) is 14.8. The van der Waals surface area contributed by atoms with Crippen molar-refractivity contribution in [1.82, 2.24) is 0 Å². The van der Waals surface area contributed by atoms with E-state index in [1.807, 2.05) is 0 Å². The predicted molar refractivity (Wildman–Crippen MR) is 213 cm³/mol. The van der Waals surface area contributed by atoms with Crippen LogP contribution >= 0.6 is 0 Å². The molecule has 0 unspecified atom stereocenters. The highest BCUT2D eigenvalue weighted by Gasteiger charge is 2.37. The van der Waals surface area contributed by atoms with E-state index < -0.39 is 0 Å². The maximum atomic E-state index is 7.25. The average molecular weight is 651 g/mol. The van der Waals surface area contributed by atoms with E-state index in [0.29, 0.717) is 0 Å². The number of benzene rings is 9. The van der Waals surface area contributed by atoms with Gasteiger partial charge in [0.05, 0.1) is 0 Å². The Kier molecular flexibility index (Phi) is 5.85. The van der Waals surface area contributed by atoms with Crippen molar-refractivity contribution in [2.75, 3.05) is 0 Å². The minimum absolute atomic E-state index is 0.0322. The zero-order chi connectivity index (χ0) is 33.8. The Balaban J connectivity index is 1.16. The number of rotatable bonds is 2. The molecule has 0 saturated carbocycles. The molecule has 11 rings (SSSR count). The van der Waals surface area contributed by atoms with E-state index in [-0.39, 0.29) is 11.3 Å². The Hall–Kier alpha value is -6.18. The fraction of sp³-hybridized carbons (Fsp3) is 0.0800. The van der Waals surface area contributed by atoms with Crippen LogP contribution in [-0.4, -0.2) is 0 Å². The van der Waals surface area contributed by atoms with Gasteiger partial charge in [0.15, 0.2) is 0 Å². The van der Waals surface area contributed by atoms with Crippen LogP contribution in [0.25, 0.3) is 65.3 Å². The smallest absolute Gasteiger partial charge is 0.140 e. The summed E-state index contributed by atoms with van der Waals surface area (Å²) in [6, 6.07) is 60.5. The molecule has 0 aromatic heterocycles. The van der Waals surface area contributed by atoms with E-state index in [4.69, 9.17) is 4.74 Å². The maximum absolute atomic E-state index is 7.25. The first-order chi connectivity index (χ1) is 25.1. The van der Waals surface area contributed by atoms with Crippen molar-refractivity contribution in [1.29, 1.82) is 0 Å². The van der Waals surface area contributed by atoms with Gasteiger partial charge in [-0.15, -0.1) is 0 Å². The van der Waals surface area contributed by atoms with Crippen LogP contribution in [0.4, 0.5) is 0 Å². The molecule has 1 aliphatic heterocycles. The van der Waals surface area contributed by atoms with Gasteiger partial charge >= 0.3 is 0 Å². The fourth-order valence-corrected chi connectivity index (χ4v) is 9.40. The highest BCUT2D eigenvalue weighted by molar-refractivity contribution is 6.17. The van der Waals surface area contributed by atoms with Crippen molar-refractivity contribution in [2.45, 2.75) is 25.2 Å². The molecule has 0 amide bonds. The second kappa shape index (κ2) is 10.4. The molecule has 240 valence electrons. The van der Waals surface area contributed by atoms with Gasteiger partial charge in [-0.1, -0.05) is 172 Å². The van der Waals surface area contributed by atoms with Crippen LogP contribution in [0.2, 0.25) is 0 Å². The highest BCUT2D eigenvalue weighted by Crippen LogP contribution is 2.57. The van der Waals surface area contributed by atoms with Crippen LogP contribution in [0.3, 0.4) is 0 Å². The summed E-state index contributed by atoms with van der Waals surface area (Å²) in [5.41, 5.74) is 11.7. The lowest BCUT2D eigenvalue weighted by molar-refractivity contribution is 0.467. The van der Waals surface area contributed by atoms with Gasteiger partial charge < -0.3 is 4.74 Å². The molecule has 9 aromatic rings. The molecule has 0 radical (unpaired) electrons. The van der Waals surface area contributed by atoms with Gasteiger partial charge in [-0.3, -0.25) is 0 Å². The molecule has 0 bridgehead atoms. The van der Waals surface area contributed by atoms with E-state index in [1.165, 1.54) is 82.4 Å². The van der Waals surface area contributed by atoms with Gasteiger partial charge in [0.1, 0.15) is 11.5 Å². The Morgan fingerprint density at radius 3 is 1.39 bits per heavy atom. The van der Waals surface area contributed by atoms with Gasteiger partial charge in [-0.2, -0.15) is 0 Å². The SMILES string of the molecule is CC1(C)c2ccccc2-c2ccc(-c3ccc(C4c5c(c6ccccc6c6ccccc56)Oc5c4c4ccccc4c4ccccc54)cc3)cc21. The molecular formula is C50H34O. The predicted octanol–water partition coefficient (Wildman–Crippen LogP) is 13.6. The quantitative estimate of drug-likeness (QED) is 0.169. The topological polar surface area (TPSA) is 9.23 Å². The van der Waals surface area contributed by atoms with Gasteiger partial charge in [0.2, 0.25) is 0 Å². The molecular weight excluding hydrogens is 617 g/mol. The summed E-state index contributed by atoms with van der Waals surface area (Å²) in [7, 11) is 0. The molecule has 0 saturated heterocycles. The first kappa shape index (κ1) is 28.6. The molecule has 1 aliphatic carbocycles. The Labute approximate surface area is 297 Å². The van der Waals surface area contributed by atoms with E-state index >= 15 is 0 Å². The first-order valence-corrected chi connectivity index (χ1v) is 18.0. The number of fused-ring (bicyclic) bond motifs is 15. The summed E-state index contributed by atoms with van der Waals surface area (Å²) in [5.74, 6) is 1.90. The minimum atomic E-state index is -0.0367. The standard InChI is InChI=1S/C50H34O/c1-50(2)43-22-12-11-17-37(43)38-28-27-32(29-44(38)50)30-23-25-31(26-24-30)45-46-39-18-7-3-13-33(39)35-15-5-9-20-41(35)48(46)51-49-42-21-10-6-16-36(42)34-14-4-8-19-40(34)47(45)49/h3-29,45H,1-2H3. The first-order valence-electron chi connectivity index (χ1n) is 18.0. The minimum Gasteiger partial charge on any atom is -0.455 e. The van der Waals surface area contributed by atoms with Crippen LogP contribution in [0, 0.1) is 0 Å². The van der Waals surface area contributed by atoms with Crippen molar-refractivity contribution in [2.24, 2.45) is 0 Å². The lowest BCUT2D eigenvalue weighted by Crippen LogP contribution is -2.15. The van der Waals surface area contributed by atoms with Crippen LogP contribution in [0.1, 0.15) is 47.6 Å². The molecule has 1 heteroatoms. The normalized spacial score (nSPS) is 14.3. The van der Waals surface area contributed by atoms with Crippen molar-refractivity contribution in [3.8, 4) is 33.8 Å². The van der Waals surface area contributed by atoms with Gasteiger partial charge in [0, 0.05) is 33.2 Å². The fourth-order valence-electron chi connectivity index (χ4n) is 9.40. The van der Waals surface area contributed by atoms with E-state index in [0.717, 1.165) is 22.3 Å². The number of hydrogen-bond donors (Lipinski definition) is 0. The van der Waals surface area contributed by atoms with Gasteiger partial charge in [0.25, 0.3) is 0 Å². The van der Waals surface area contributed by atoms with Gasteiger partial charge in [-0.25, -0.2) is 0 Å². The van der Waals surface area contributed by atoms with Crippen molar-refractivity contribution in [3.05, 3.63) is 192 Å². The third-order valence-electron chi connectivity index (χ3n) is 11.8. The zero-order valence-electron chi connectivity index (χ0n) is 28.6. The summed E-state index contributed by atoms with van der Waals surface area (Å²) in [4.78, 5) is 0. The molecule has 51 heavy (non-hydrogen) atoms. The Bertz CT molecular complexity index is 2790. The summed E-state index contributed by atoms with van der Waals surface area (Å²) in [5, 5.41) is 9.73. The highest BCUT2D eigenvalue weighted by atomic mass is 16.5. The van der Waals surface area contributed by atoms with Crippen LogP contribution in [-0.2, 0) is 5.41 Å². The Morgan fingerprint density at radius 2 is 0.824 bits per heavy atom. The summed E-state index contributed by atoms with van der Waals surface area (Å²) >= 11 is 0. The van der Waals surface area contributed by atoms with Crippen molar-refractivity contribution in [3.63, 3.8) is 0 Å². The van der Waals surface area contributed by atoms with Crippen molar-refractivity contribution < 1.29 is 4.74 Å². The second-order valence-corrected chi connectivity index (χ2v) is 14.8. The lowest BCUT2D eigenvalue weighted by Gasteiger charge is -2.33. The maximum Gasteiger partial charge on any atom is 0.140 e. The summed E-state index contributed by atoms with van der Waals surface area (Å²) < 4.78 is 7.25. The van der Waals surface area contributed by atoms with Gasteiger partial charge in [-0.05, 0) is 77.3 Å². The largest absolute Gasteiger partial charge is 0.455 e. The molecule has 1 nitrogen and oxygen atoms in total. The third kappa shape index (κ3) is 3.92. The van der Waals surface area contributed by atoms with E-state index in [2.05, 4.69) is 178 Å². The lowest BCUT2D eigenvalue weighted by atomic mass is 9.76. The number of ether oxygens (including phenoxy) is 1. The zero-order valence-corrected chi connectivity index (χ0v) is 28.6. The van der Waals surface area contributed by atoms with Crippen molar-refractivity contribution >= 4 is 43.1 Å². The molecule has 0 N–H and O–H groups in total. The van der Waals surface area contributed by atoms with E-state index in [1.54, 1.807) is 0 Å². The Morgan fingerprint density at radius 1 is 0.392 bits per heavy atom. The summed E-state index contributed by atoms with van der Waals surface area (Å²) in [6.07, 6.45) is 0. The molecule has 0 fully saturated rings. The monoisotopic (exact) mass is 650 g/mol. The number of hydrogen-bond acceptors (Lipinski definition) is 1. The molecule has 1 heterocycles. The summed E-state index contributed by atoms with van der Waals surface area (Å²) in [6.45, 7) is 4.71. The van der Waals surface area contributed by atoms with E-state index in [9.17, 15) is 0 Å². The molecule has 0 atom stereocenters. The molecule has 9 aromatic carbocycles. The average Bonchev–Trinajstić information content (AvgIpc) is 3.43. The van der Waals surface area contributed by atoms with Crippen LogP contribution in [0.15, 0.2) is 164 Å². The third-order valence-corrected chi connectivity index (χ3v) is 11.8. The molecule has 0 spiro atoms.